The van der Waals surface area contributed by atoms with Crippen LogP contribution < -0.4 is 11.1 Å². The normalized spacial score (nSPS) is 26.6. The van der Waals surface area contributed by atoms with Crippen LogP contribution in [0.25, 0.3) is 0 Å². The Bertz CT molecular complexity index is 370. The molecule has 0 spiro atoms. The highest BCUT2D eigenvalue weighted by Gasteiger charge is 2.30. The zero-order valence-corrected chi connectivity index (χ0v) is 12.5. The number of amides is 2. The molecule has 0 aromatic carbocycles. The predicted molar refractivity (Wildman–Crippen MR) is 77.0 cm³/mol. The van der Waals surface area contributed by atoms with Crippen LogP contribution >= 0.6 is 0 Å². The van der Waals surface area contributed by atoms with Gasteiger partial charge in [-0.1, -0.05) is 0 Å². The lowest BCUT2D eigenvalue weighted by atomic mass is 10.1. The minimum atomic E-state index is -0.0577. The van der Waals surface area contributed by atoms with E-state index in [-0.39, 0.29) is 18.4 Å². The van der Waals surface area contributed by atoms with E-state index in [1.54, 1.807) is 7.05 Å². The van der Waals surface area contributed by atoms with Gasteiger partial charge in [0.05, 0.1) is 13.1 Å². The second-order valence-corrected chi connectivity index (χ2v) is 6.21. The van der Waals surface area contributed by atoms with Gasteiger partial charge in [-0.3, -0.25) is 14.5 Å². The molecule has 2 aliphatic rings. The van der Waals surface area contributed by atoms with Crippen LogP contribution in [0.3, 0.4) is 0 Å². The molecule has 2 fully saturated rings. The van der Waals surface area contributed by atoms with Gasteiger partial charge in [0.15, 0.2) is 0 Å². The van der Waals surface area contributed by atoms with E-state index in [1.807, 2.05) is 0 Å². The number of nitrogens with zero attached hydrogens (tertiary/aromatic N) is 2. The van der Waals surface area contributed by atoms with Crippen molar-refractivity contribution in [2.75, 3.05) is 33.2 Å². The SMILES string of the molecule is CC1CC(CN)CN1CC(=O)N(C)CC(=O)NC1CC1. The summed E-state index contributed by atoms with van der Waals surface area (Å²) in [6.45, 7) is 4.21. The number of rotatable bonds is 6. The largest absolute Gasteiger partial charge is 0.352 e. The third-order valence-electron chi connectivity index (χ3n) is 4.21. The summed E-state index contributed by atoms with van der Waals surface area (Å²) < 4.78 is 0. The smallest absolute Gasteiger partial charge is 0.239 e. The average Bonchev–Trinajstić information content (AvgIpc) is 3.13. The minimum Gasteiger partial charge on any atom is -0.352 e. The van der Waals surface area contributed by atoms with E-state index in [0.717, 1.165) is 25.8 Å². The monoisotopic (exact) mass is 282 g/mol. The van der Waals surface area contributed by atoms with Gasteiger partial charge in [0.25, 0.3) is 0 Å². The van der Waals surface area contributed by atoms with Crippen LogP contribution in [-0.4, -0.2) is 66.9 Å². The Hall–Kier alpha value is -1.14. The van der Waals surface area contributed by atoms with Gasteiger partial charge >= 0.3 is 0 Å². The predicted octanol–water partition coefficient (Wildman–Crippen LogP) is -0.607. The minimum absolute atomic E-state index is 0.000434. The standard InChI is InChI=1S/C14H26N4O2/c1-10-5-11(6-15)7-18(10)9-14(20)17(2)8-13(19)16-12-3-4-12/h10-12H,3-9,15H2,1-2H3,(H,16,19). The molecule has 0 bridgehead atoms. The number of likely N-dealkylation sites (N-methyl/N-ethyl adjacent to an activating group) is 1. The van der Waals surface area contributed by atoms with Crippen molar-refractivity contribution in [3.05, 3.63) is 0 Å². The molecular formula is C14H26N4O2. The number of likely N-dealkylation sites (tertiary alicyclic amines) is 1. The van der Waals surface area contributed by atoms with Crippen LogP contribution in [0.4, 0.5) is 0 Å². The fourth-order valence-electron chi connectivity index (χ4n) is 2.71. The second-order valence-electron chi connectivity index (χ2n) is 6.21. The van der Waals surface area contributed by atoms with Crippen LogP contribution in [0, 0.1) is 5.92 Å². The summed E-state index contributed by atoms with van der Waals surface area (Å²) in [5, 5.41) is 2.90. The number of nitrogens with two attached hydrogens (primary N) is 1. The molecule has 2 unspecified atom stereocenters. The van der Waals surface area contributed by atoms with Crippen LogP contribution in [-0.2, 0) is 9.59 Å². The first-order valence-electron chi connectivity index (χ1n) is 7.47. The molecule has 1 aliphatic carbocycles. The van der Waals surface area contributed by atoms with E-state index >= 15 is 0 Å². The van der Waals surface area contributed by atoms with E-state index in [1.165, 1.54) is 4.90 Å². The second kappa shape index (κ2) is 6.54. The fourth-order valence-corrected chi connectivity index (χ4v) is 2.71. The van der Waals surface area contributed by atoms with Gasteiger partial charge in [0.1, 0.15) is 0 Å². The summed E-state index contributed by atoms with van der Waals surface area (Å²) >= 11 is 0. The van der Waals surface area contributed by atoms with Gasteiger partial charge in [0, 0.05) is 25.7 Å². The van der Waals surface area contributed by atoms with E-state index in [2.05, 4.69) is 17.1 Å². The molecule has 114 valence electrons. The summed E-state index contributed by atoms with van der Waals surface area (Å²) in [6, 6.07) is 0.733. The average molecular weight is 282 g/mol. The summed E-state index contributed by atoms with van der Waals surface area (Å²) in [5.41, 5.74) is 5.69. The van der Waals surface area contributed by atoms with E-state index < -0.39 is 0 Å². The Kier molecular flexibility index (Phi) is 4.99. The summed E-state index contributed by atoms with van der Waals surface area (Å²) in [5.74, 6) is 0.430. The van der Waals surface area contributed by atoms with E-state index in [4.69, 9.17) is 5.73 Å². The van der Waals surface area contributed by atoms with Gasteiger partial charge in [-0.2, -0.15) is 0 Å². The molecule has 1 heterocycles. The first-order valence-corrected chi connectivity index (χ1v) is 7.47. The molecule has 6 nitrogen and oxygen atoms in total. The van der Waals surface area contributed by atoms with Crippen molar-refractivity contribution in [1.82, 2.24) is 15.1 Å². The highest BCUT2D eigenvalue weighted by atomic mass is 16.2. The van der Waals surface area contributed by atoms with Gasteiger partial charge in [-0.15, -0.1) is 0 Å². The Labute approximate surface area is 120 Å². The van der Waals surface area contributed by atoms with Crippen LogP contribution in [0.2, 0.25) is 0 Å². The molecule has 2 rings (SSSR count). The number of hydrogen-bond acceptors (Lipinski definition) is 4. The van der Waals surface area contributed by atoms with E-state index in [9.17, 15) is 9.59 Å². The molecule has 1 saturated heterocycles. The molecule has 0 radical (unpaired) electrons. The summed E-state index contributed by atoms with van der Waals surface area (Å²) in [6.07, 6.45) is 3.18. The molecule has 2 atom stereocenters. The first-order chi connectivity index (χ1) is 9.49. The van der Waals surface area contributed by atoms with Crippen molar-refractivity contribution >= 4 is 11.8 Å². The highest BCUT2D eigenvalue weighted by molar-refractivity contribution is 5.85. The molecule has 1 aliphatic heterocycles. The highest BCUT2D eigenvalue weighted by Crippen LogP contribution is 2.21. The van der Waals surface area contributed by atoms with Crippen molar-refractivity contribution in [2.45, 2.75) is 38.3 Å². The molecule has 0 aromatic heterocycles. The molecule has 2 amide bonds. The third-order valence-corrected chi connectivity index (χ3v) is 4.21. The fraction of sp³-hybridized carbons (Fsp3) is 0.857. The van der Waals surface area contributed by atoms with Crippen molar-refractivity contribution in [3.8, 4) is 0 Å². The Morgan fingerprint density at radius 3 is 2.65 bits per heavy atom. The maximum Gasteiger partial charge on any atom is 0.239 e. The number of carbonyl (C=O) groups excluding carboxylic acids is 2. The summed E-state index contributed by atoms with van der Waals surface area (Å²) in [4.78, 5) is 27.5. The molecule has 0 aromatic rings. The first kappa shape index (κ1) is 15.3. The summed E-state index contributed by atoms with van der Waals surface area (Å²) in [7, 11) is 1.69. The van der Waals surface area contributed by atoms with Gasteiger partial charge in [-0.25, -0.2) is 0 Å². The lowest BCUT2D eigenvalue weighted by molar-refractivity contribution is -0.135. The maximum absolute atomic E-state index is 12.1. The van der Waals surface area contributed by atoms with Gasteiger partial charge in [0.2, 0.25) is 11.8 Å². The Balaban J connectivity index is 1.74. The number of hydrogen-bond donors (Lipinski definition) is 2. The van der Waals surface area contributed by atoms with Crippen LogP contribution in [0.1, 0.15) is 26.2 Å². The molecule has 1 saturated carbocycles. The number of carbonyl (C=O) groups is 2. The topological polar surface area (TPSA) is 78.7 Å². The molecule has 20 heavy (non-hydrogen) atoms. The quantitative estimate of drug-likeness (QED) is 0.681. The van der Waals surface area contributed by atoms with Gasteiger partial charge in [-0.05, 0) is 38.6 Å². The zero-order chi connectivity index (χ0) is 14.7. The zero-order valence-electron chi connectivity index (χ0n) is 12.5. The van der Waals surface area contributed by atoms with Crippen LogP contribution in [0.5, 0.6) is 0 Å². The van der Waals surface area contributed by atoms with Gasteiger partial charge < -0.3 is 16.0 Å². The van der Waals surface area contributed by atoms with Crippen molar-refractivity contribution < 1.29 is 9.59 Å². The molecular weight excluding hydrogens is 256 g/mol. The Morgan fingerprint density at radius 2 is 2.10 bits per heavy atom. The third kappa shape index (κ3) is 4.18. The Morgan fingerprint density at radius 1 is 1.40 bits per heavy atom. The molecule has 3 N–H and O–H groups in total. The van der Waals surface area contributed by atoms with Crippen LogP contribution in [0.15, 0.2) is 0 Å². The maximum atomic E-state index is 12.1. The molecule has 6 heteroatoms. The van der Waals surface area contributed by atoms with E-state index in [0.29, 0.717) is 31.1 Å². The van der Waals surface area contributed by atoms with Crippen molar-refractivity contribution in [1.29, 1.82) is 0 Å². The lowest BCUT2D eigenvalue weighted by Crippen LogP contribution is -2.44. The lowest BCUT2D eigenvalue weighted by Gasteiger charge is -2.24. The van der Waals surface area contributed by atoms with Crippen molar-refractivity contribution in [2.24, 2.45) is 11.7 Å². The number of nitrogens with one attached hydrogen (secondary N) is 1. The van der Waals surface area contributed by atoms with Crippen molar-refractivity contribution in [3.63, 3.8) is 0 Å².